The van der Waals surface area contributed by atoms with E-state index in [2.05, 4.69) is 6.92 Å². The number of benzene rings is 1. The monoisotopic (exact) mass is 226 g/mol. The van der Waals surface area contributed by atoms with Crippen LogP contribution in [0.3, 0.4) is 0 Å². The van der Waals surface area contributed by atoms with Crippen molar-refractivity contribution in [3.05, 3.63) is 24.0 Å². The Morgan fingerprint density at radius 2 is 2.06 bits per heavy atom. The molecule has 0 heterocycles. The number of rotatable bonds is 6. The van der Waals surface area contributed by atoms with Gasteiger partial charge in [-0.3, -0.25) is 0 Å². The van der Waals surface area contributed by atoms with Gasteiger partial charge in [0.2, 0.25) is 0 Å². The van der Waals surface area contributed by atoms with Gasteiger partial charge in [-0.15, -0.1) is 0 Å². The summed E-state index contributed by atoms with van der Waals surface area (Å²) in [7, 11) is -1.64. The molecular weight excluding hydrogens is 210 g/mol. The van der Waals surface area contributed by atoms with E-state index in [1.165, 1.54) is 18.2 Å². The van der Waals surface area contributed by atoms with Crippen LogP contribution in [0.2, 0.25) is 0 Å². The van der Waals surface area contributed by atoms with Gasteiger partial charge < -0.3 is 14.8 Å². The normalized spacial score (nSPS) is 10.2. The summed E-state index contributed by atoms with van der Waals surface area (Å²) in [6.45, 7) is 2.53. The third-order valence-corrected chi connectivity index (χ3v) is 2.26. The average molecular weight is 226 g/mol. The first kappa shape index (κ1) is 13.0. The van der Waals surface area contributed by atoms with E-state index in [-0.39, 0.29) is 11.2 Å². The van der Waals surface area contributed by atoms with Crippen molar-refractivity contribution in [2.24, 2.45) is 0 Å². The quantitative estimate of drug-likeness (QED) is 0.563. The standard InChI is InChI=1S/C11H16BFO3/c1-2-3-4-7-16-11-8-9(13)5-6-10(11)12(14)15/h5-6,8,14-15H,2-4,7H2,1H3. The molecule has 2 N–H and O–H groups in total. The number of hydrogen-bond donors (Lipinski definition) is 2. The van der Waals surface area contributed by atoms with Gasteiger partial charge in [-0.25, -0.2) is 4.39 Å². The Morgan fingerprint density at radius 1 is 1.31 bits per heavy atom. The maximum atomic E-state index is 12.9. The van der Waals surface area contributed by atoms with Gasteiger partial charge in [-0.2, -0.15) is 0 Å². The number of halogens is 1. The van der Waals surface area contributed by atoms with E-state index in [1.807, 2.05) is 0 Å². The van der Waals surface area contributed by atoms with Crippen LogP contribution < -0.4 is 10.2 Å². The van der Waals surface area contributed by atoms with Crippen molar-refractivity contribution in [1.82, 2.24) is 0 Å². The lowest BCUT2D eigenvalue weighted by atomic mass is 9.79. The molecule has 1 aromatic rings. The predicted octanol–water partition coefficient (Wildman–Crippen LogP) is 1.07. The van der Waals surface area contributed by atoms with Crippen LogP contribution in [0.25, 0.3) is 0 Å². The molecule has 1 rings (SSSR count). The van der Waals surface area contributed by atoms with Gasteiger partial charge in [-0.05, 0) is 12.5 Å². The zero-order valence-electron chi connectivity index (χ0n) is 9.32. The van der Waals surface area contributed by atoms with Gasteiger partial charge in [-0.1, -0.05) is 25.8 Å². The molecule has 0 saturated carbocycles. The third-order valence-electron chi connectivity index (χ3n) is 2.26. The SMILES string of the molecule is CCCCCOc1cc(F)ccc1B(O)O. The van der Waals surface area contributed by atoms with E-state index in [1.54, 1.807) is 0 Å². The van der Waals surface area contributed by atoms with Gasteiger partial charge in [0.05, 0.1) is 6.61 Å². The van der Waals surface area contributed by atoms with Crippen LogP contribution in [0.15, 0.2) is 18.2 Å². The summed E-state index contributed by atoms with van der Waals surface area (Å²) < 4.78 is 18.3. The van der Waals surface area contributed by atoms with E-state index in [4.69, 9.17) is 14.8 Å². The van der Waals surface area contributed by atoms with E-state index >= 15 is 0 Å². The molecule has 0 fully saturated rings. The minimum Gasteiger partial charge on any atom is -0.494 e. The summed E-state index contributed by atoms with van der Waals surface area (Å²) in [6.07, 6.45) is 2.97. The zero-order valence-corrected chi connectivity index (χ0v) is 9.32. The second kappa shape index (κ2) is 6.50. The molecule has 0 bridgehead atoms. The Bertz CT molecular complexity index is 331. The first-order valence-electron chi connectivity index (χ1n) is 5.43. The summed E-state index contributed by atoms with van der Waals surface area (Å²) in [5.74, 6) is -0.249. The minimum atomic E-state index is -1.64. The van der Waals surface area contributed by atoms with Gasteiger partial charge in [0.15, 0.2) is 0 Å². The fourth-order valence-corrected chi connectivity index (χ4v) is 1.38. The molecule has 0 saturated heterocycles. The van der Waals surface area contributed by atoms with Crippen LogP contribution in [-0.2, 0) is 0 Å². The molecule has 0 aromatic heterocycles. The molecule has 0 amide bonds. The second-order valence-corrected chi connectivity index (χ2v) is 3.61. The van der Waals surface area contributed by atoms with Crippen molar-refractivity contribution in [2.75, 3.05) is 6.61 Å². The highest BCUT2D eigenvalue weighted by atomic mass is 19.1. The van der Waals surface area contributed by atoms with Gasteiger partial charge in [0.1, 0.15) is 11.6 Å². The van der Waals surface area contributed by atoms with Crippen molar-refractivity contribution in [1.29, 1.82) is 0 Å². The smallest absolute Gasteiger partial charge is 0.492 e. The molecule has 88 valence electrons. The van der Waals surface area contributed by atoms with Crippen molar-refractivity contribution in [2.45, 2.75) is 26.2 Å². The van der Waals surface area contributed by atoms with E-state index in [9.17, 15) is 4.39 Å². The number of unbranched alkanes of at least 4 members (excludes halogenated alkanes) is 2. The van der Waals surface area contributed by atoms with Crippen LogP contribution in [0.5, 0.6) is 5.75 Å². The maximum Gasteiger partial charge on any atom is 0.492 e. The molecule has 0 aliphatic carbocycles. The molecule has 0 spiro atoms. The van der Waals surface area contributed by atoms with Crippen LogP contribution in [0, 0.1) is 5.82 Å². The lowest BCUT2D eigenvalue weighted by molar-refractivity contribution is 0.305. The van der Waals surface area contributed by atoms with Crippen LogP contribution >= 0.6 is 0 Å². The Labute approximate surface area is 95.0 Å². The summed E-state index contributed by atoms with van der Waals surface area (Å²) in [6, 6.07) is 3.66. The highest BCUT2D eigenvalue weighted by molar-refractivity contribution is 6.59. The Balaban J connectivity index is 2.65. The van der Waals surface area contributed by atoms with Gasteiger partial charge in [0, 0.05) is 11.5 Å². The average Bonchev–Trinajstić information content (AvgIpc) is 2.24. The summed E-state index contributed by atoms with van der Waals surface area (Å²) in [4.78, 5) is 0. The van der Waals surface area contributed by atoms with E-state index in [0.29, 0.717) is 6.61 Å². The number of hydrogen-bond acceptors (Lipinski definition) is 3. The zero-order chi connectivity index (χ0) is 12.0. The third kappa shape index (κ3) is 3.83. The van der Waals surface area contributed by atoms with Gasteiger partial charge in [0.25, 0.3) is 0 Å². The molecule has 0 aliphatic heterocycles. The number of ether oxygens (including phenoxy) is 1. The summed E-state index contributed by atoms with van der Waals surface area (Å²) in [5, 5.41) is 18.1. The Morgan fingerprint density at radius 3 is 2.69 bits per heavy atom. The molecule has 5 heteroatoms. The predicted molar refractivity (Wildman–Crippen MR) is 61.2 cm³/mol. The van der Waals surface area contributed by atoms with Crippen molar-refractivity contribution >= 4 is 12.6 Å². The first-order valence-corrected chi connectivity index (χ1v) is 5.43. The Hall–Kier alpha value is -1.07. The second-order valence-electron chi connectivity index (χ2n) is 3.61. The van der Waals surface area contributed by atoms with Crippen molar-refractivity contribution in [3.63, 3.8) is 0 Å². The minimum absolute atomic E-state index is 0.192. The lowest BCUT2D eigenvalue weighted by Gasteiger charge is -2.10. The van der Waals surface area contributed by atoms with Crippen molar-refractivity contribution < 1.29 is 19.2 Å². The molecule has 0 radical (unpaired) electrons. The van der Waals surface area contributed by atoms with E-state index < -0.39 is 12.9 Å². The maximum absolute atomic E-state index is 12.9. The van der Waals surface area contributed by atoms with Gasteiger partial charge >= 0.3 is 7.12 Å². The van der Waals surface area contributed by atoms with Crippen LogP contribution in [-0.4, -0.2) is 23.8 Å². The lowest BCUT2D eigenvalue weighted by Crippen LogP contribution is -2.31. The van der Waals surface area contributed by atoms with Crippen LogP contribution in [0.4, 0.5) is 4.39 Å². The highest BCUT2D eigenvalue weighted by Gasteiger charge is 2.17. The molecule has 0 aliphatic rings. The fourth-order valence-electron chi connectivity index (χ4n) is 1.38. The topological polar surface area (TPSA) is 49.7 Å². The molecule has 0 unspecified atom stereocenters. The molecular formula is C11H16BFO3. The molecule has 3 nitrogen and oxygen atoms in total. The van der Waals surface area contributed by atoms with Crippen molar-refractivity contribution in [3.8, 4) is 5.75 Å². The molecule has 1 aromatic carbocycles. The fraction of sp³-hybridized carbons (Fsp3) is 0.455. The summed E-state index contributed by atoms with van der Waals surface area (Å²) in [5.41, 5.74) is 0.192. The highest BCUT2D eigenvalue weighted by Crippen LogP contribution is 2.11. The van der Waals surface area contributed by atoms with E-state index in [0.717, 1.165) is 19.3 Å². The first-order chi connectivity index (χ1) is 7.65. The summed E-state index contributed by atoms with van der Waals surface area (Å²) >= 11 is 0. The Kier molecular flexibility index (Phi) is 5.28. The molecule has 16 heavy (non-hydrogen) atoms. The van der Waals surface area contributed by atoms with Crippen LogP contribution in [0.1, 0.15) is 26.2 Å². The molecule has 0 atom stereocenters. The largest absolute Gasteiger partial charge is 0.494 e.